The third-order valence-electron chi connectivity index (χ3n) is 5.60. The summed E-state index contributed by atoms with van der Waals surface area (Å²) in [6.07, 6.45) is 0. The lowest BCUT2D eigenvalue weighted by atomic mass is 10.1. The highest BCUT2D eigenvalue weighted by molar-refractivity contribution is 7.94. The van der Waals surface area contributed by atoms with Gasteiger partial charge in [-0.25, -0.2) is 0 Å². The molecule has 0 saturated carbocycles. The van der Waals surface area contributed by atoms with Gasteiger partial charge in [-0.05, 0) is 44.0 Å². The third kappa shape index (κ3) is 3.64. The molecule has 4 rings (SSSR count). The Kier molecular flexibility index (Phi) is 5.66. The van der Waals surface area contributed by atoms with Crippen molar-refractivity contribution in [1.29, 1.82) is 0 Å². The molecule has 30 heavy (non-hydrogen) atoms. The van der Waals surface area contributed by atoms with Crippen LogP contribution in [0.4, 0.5) is 11.4 Å². The Labute approximate surface area is 183 Å². The van der Waals surface area contributed by atoms with Gasteiger partial charge >= 0.3 is 0 Å². The minimum Gasteiger partial charge on any atom is -0.368 e. The SMILES string of the molecule is Cc1cc(C)c(S(=O)(=O)N(Cl)c2ccc(N3CCNCC3)c3ccccc23)c(C)c1. The first kappa shape index (κ1) is 21.0. The van der Waals surface area contributed by atoms with Crippen molar-refractivity contribution in [3.05, 3.63) is 65.2 Å². The van der Waals surface area contributed by atoms with Crippen LogP contribution in [-0.4, -0.2) is 34.6 Å². The van der Waals surface area contributed by atoms with Crippen molar-refractivity contribution in [2.24, 2.45) is 0 Å². The number of halogens is 1. The average molecular weight is 444 g/mol. The predicted octanol–water partition coefficient (Wildman–Crippen LogP) is 4.52. The van der Waals surface area contributed by atoms with E-state index in [-0.39, 0.29) is 4.90 Å². The fraction of sp³-hybridized carbons (Fsp3) is 0.304. The summed E-state index contributed by atoms with van der Waals surface area (Å²) in [5.41, 5.74) is 3.97. The van der Waals surface area contributed by atoms with E-state index >= 15 is 0 Å². The molecule has 1 saturated heterocycles. The number of nitrogens with one attached hydrogen (secondary N) is 1. The van der Waals surface area contributed by atoms with E-state index < -0.39 is 10.0 Å². The van der Waals surface area contributed by atoms with Crippen molar-refractivity contribution in [2.45, 2.75) is 25.7 Å². The highest BCUT2D eigenvalue weighted by Crippen LogP contribution is 2.38. The predicted molar refractivity (Wildman–Crippen MR) is 125 cm³/mol. The summed E-state index contributed by atoms with van der Waals surface area (Å²) in [7, 11) is -3.92. The molecule has 1 fully saturated rings. The minimum absolute atomic E-state index is 0.262. The average Bonchev–Trinajstić information content (AvgIpc) is 2.72. The number of nitrogens with zero attached hydrogens (tertiary/aromatic N) is 2. The number of benzene rings is 3. The van der Waals surface area contributed by atoms with Crippen molar-refractivity contribution >= 4 is 43.9 Å². The number of aryl methyl sites for hydroxylation is 3. The van der Waals surface area contributed by atoms with Crippen molar-refractivity contribution in [3.63, 3.8) is 0 Å². The number of hydrogen-bond donors (Lipinski definition) is 1. The molecule has 3 aromatic carbocycles. The summed E-state index contributed by atoms with van der Waals surface area (Å²) in [5.74, 6) is 0. The van der Waals surface area contributed by atoms with Gasteiger partial charge < -0.3 is 10.2 Å². The third-order valence-corrected chi connectivity index (χ3v) is 8.10. The van der Waals surface area contributed by atoms with Crippen LogP contribution in [0.1, 0.15) is 16.7 Å². The van der Waals surface area contributed by atoms with Crippen molar-refractivity contribution < 1.29 is 8.42 Å². The van der Waals surface area contributed by atoms with Gasteiger partial charge in [0.15, 0.2) is 0 Å². The maximum Gasteiger partial charge on any atom is 0.278 e. The summed E-state index contributed by atoms with van der Waals surface area (Å²) in [6.45, 7) is 9.25. The summed E-state index contributed by atoms with van der Waals surface area (Å²) >= 11 is 6.56. The molecule has 1 heterocycles. The first-order valence-corrected chi connectivity index (χ1v) is 11.8. The number of hydrogen-bond acceptors (Lipinski definition) is 4. The molecule has 0 atom stereocenters. The van der Waals surface area contributed by atoms with Crippen molar-refractivity contribution in [3.8, 4) is 0 Å². The Bertz CT molecular complexity index is 1180. The number of piperazine rings is 1. The van der Waals surface area contributed by atoms with Crippen LogP contribution < -0.4 is 14.0 Å². The molecule has 1 aliphatic heterocycles. The summed E-state index contributed by atoms with van der Waals surface area (Å²) in [6, 6.07) is 15.4. The van der Waals surface area contributed by atoms with Crippen LogP contribution in [0.25, 0.3) is 10.8 Å². The fourth-order valence-electron chi connectivity index (χ4n) is 4.39. The summed E-state index contributed by atoms with van der Waals surface area (Å²) in [5, 5.41) is 5.17. The Hall–Kier alpha value is -2.28. The van der Waals surface area contributed by atoms with Gasteiger partial charge in [-0.15, -0.1) is 0 Å². The maximum atomic E-state index is 13.5. The van der Waals surface area contributed by atoms with E-state index in [9.17, 15) is 8.42 Å². The van der Waals surface area contributed by atoms with Crippen molar-refractivity contribution in [1.82, 2.24) is 5.32 Å². The Balaban J connectivity index is 1.84. The van der Waals surface area contributed by atoms with E-state index in [1.54, 1.807) is 0 Å². The highest BCUT2D eigenvalue weighted by atomic mass is 35.5. The molecule has 0 amide bonds. The van der Waals surface area contributed by atoms with Gasteiger partial charge in [-0.2, -0.15) is 12.2 Å². The van der Waals surface area contributed by atoms with E-state index in [4.69, 9.17) is 11.8 Å². The van der Waals surface area contributed by atoms with Gasteiger partial charge in [0.1, 0.15) is 0 Å². The largest absolute Gasteiger partial charge is 0.368 e. The molecular weight excluding hydrogens is 418 g/mol. The Morgan fingerprint density at radius 3 is 2.17 bits per heavy atom. The molecule has 5 nitrogen and oxygen atoms in total. The number of sulfonamides is 1. The lowest BCUT2D eigenvalue weighted by molar-refractivity contribution is 0.590. The zero-order valence-electron chi connectivity index (χ0n) is 17.4. The van der Waals surface area contributed by atoms with Crippen LogP contribution >= 0.6 is 11.8 Å². The number of anilines is 2. The van der Waals surface area contributed by atoms with Crippen LogP contribution in [0.15, 0.2) is 53.4 Å². The molecule has 3 aromatic rings. The lowest BCUT2D eigenvalue weighted by Gasteiger charge is -2.31. The van der Waals surface area contributed by atoms with Crippen LogP contribution in [0.2, 0.25) is 0 Å². The molecule has 1 N–H and O–H groups in total. The lowest BCUT2D eigenvalue weighted by Crippen LogP contribution is -2.43. The first-order chi connectivity index (χ1) is 14.3. The van der Waals surface area contributed by atoms with Crippen LogP contribution in [0.5, 0.6) is 0 Å². The fourth-order valence-corrected chi connectivity index (χ4v) is 6.25. The molecule has 0 aromatic heterocycles. The molecule has 7 heteroatoms. The summed E-state index contributed by atoms with van der Waals surface area (Å²) in [4.78, 5) is 2.59. The van der Waals surface area contributed by atoms with E-state index in [0.717, 1.165) is 52.0 Å². The van der Waals surface area contributed by atoms with Gasteiger partial charge in [-0.1, -0.05) is 42.0 Å². The van der Waals surface area contributed by atoms with Gasteiger partial charge in [0, 0.05) is 54.4 Å². The zero-order chi connectivity index (χ0) is 21.5. The quantitative estimate of drug-likeness (QED) is 0.602. The monoisotopic (exact) mass is 443 g/mol. The van der Waals surface area contributed by atoms with E-state index in [0.29, 0.717) is 16.8 Å². The maximum absolute atomic E-state index is 13.5. The number of fused-ring (bicyclic) bond motifs is 1. The molecule has 0 aliphatic carbocycles. The second-order valence-corrected chi connectivity index (χ2v) is 10.1. The van der Waals surface area contributed by atoms with Gasteiger partial charge in [-0.3, -0.25) is 0 Å². The topological polar surface area (TPSA) is 52.7 Å². The zero-order valence-corrected chi connectivity index (χ0v) is 19.0. The summed E-state index contributed by atoms with van der Waals surface area (Å²) < 4.78 is 27.9. The van der Waals surface area contributed by atoms with Crippen LogP contribution in [0, 0.1) is 20.8 Å². The molecular formula is C23H26ClN3O2S. The first-order valence-electron chi connectivity index (χ1n) is 10.1. The second kappa shape index (κ2) is 8.10. The van der Waals surface area contributed by atoms with E-state index in [1.165, 1.54) is 0 Å². The molecule has 0 radical (unpaired) electrons. The minimum atomic E-state index is -3.92. The second-order valence-electron chi connectivity index (χ2n) is 7.83. The highest BCUT2D eigenvalue weighted by Gasteiger charge is 2.29. The molecule has 1 aliphatic rings. The van der Waals surface area contributed by atoms with Gasteiger partial charge in [0.05, 0.1) is 10.6 Å². The van der Waals surface area contributed by atoms with Gasteiger partial charge in [0.2, 0.25) is 0 Å². The van der Waals surface area contributed by atoms with Crippen LogP contribution in [-0.2, 0) is 10.0 Å². The normalized spacial score (nSPS) is 14.9. The molecule has 0 unspecified atom stereocenters. The molecule has 0 bridgehead atoms. The van der Waals surface area contributed by atoms with E-state index in [1.807, 2.05) is 69.3 Å². The van der Waals surface area contributed by atoms with Gasteiger partial charge in [0.25, 0.3) is 10.0 Å². The Morgan fingerprint density at radius 2 is 1.53 bits per heavy atom. The Morgan fingerprint density at radius 1 is 0.933 bits per heavy atom. The van der Waals surface area contributed by atoms with Crippen LogP contribution in [0.3, 0.4) is 0 Å². The molecule has 158 valence electrons. The van der Waals surface area contributed by atoms with E-state index in [2.05, 4.69) is 10.2 Å². The standard InChI is InChI=1S/C23H26ClN3O2S/c1-16-14-17(2)23(18(3)15-16)30(28,29)27(24)22-9-8-21(26-12-10-25-11-13-26)19-6-4-5-7-20(19)22/h4-9,14-15,25H,10-13H2,1-3H3. The molecule has 0 spiro atoms. The smallest absolute Gasteiger partial charge is 0.278 e. The van der Waals surface area contributed by atoms with Crippen molar-refractivity contribution in [2.75, 3.05) is 34.9 Å². The number of rotatable bonds is 4.